The van der Waals surface area contributed by atoms with Crippen LogP contribution >= 0.6 is 0 Å². The molecule has 1 fully saturated rings. The summed E-state index contributed by atoms with van der Waals surface area (Å²) in [4.78, 5) is 9.00. The molecule has 0 amide bonds. The Balaban J connectivity index is 1.98. The zero-order valence-electron chi connectivity index (χ0n) is 14.6. The van der Waals surface area contributed by atoms with Crippen LogP contribution in [0.5, 0.6) is 5.88 Å². The fraction of sp³-hybridized carbons (Fsp3) is 0.667. The fourth-order valence-electron chi connectivity index (χ4n) is 2.89. The molecular formula is C18H30N4O. The molecule has 1 aliphatic rings. The normalized spacial score (nSPS) is 21.8. The summed E-state index contributed by atoms with van der Waals surface area (Å²) in [5.41, 5.74) is 1.02. The second-order valence-electron chi connectivity index (χ2n) is 6.20. The highest BCUT2D eigenvalue weighted by Crippen LogP contribution is 2.23. The minimum atomic E-state index is 0.532. The molecule has 0 radical (unpaired) electrons. The first-order valence-electron chi connectivity index (χ1n) is 8.84. The molecule has 0 spiro atoms. The van der Waals surface area contributed by atoms with Gasteiger partial charge in [-0.05, 0) is 51.5 Å². The number of pyridine rings is 1. The second-order valence-corrected chi connectivity index (χ2v) is 6.20. The Kier molecular flexibility index (Phi) is 7.17. The van der Waals surface area contributed by atoms with E-state index in [1.54, 1.807) is 6.20 Å². The van der Waals surface area contributed by atoms with E-state index in [4.69, 9.17) is 9.73 Å². The highest BCUT2D eigenvalue weighted by Gasteiger charge is 2.18. The zero-order valence-corrected chi connectivity index (χ0v) is 14.6. The molecule has 0 unspecified atom stereocenters. The summed E-state index contributed by atoms with van der Waals surface area (Å²) in [5, 5.41) is 6.92. The molecule has 2 N–H and O–H groups in total. The molecule has 0 atom stereocenters. The third-order valence-corrected chi connectivity index (χ3v) is 4.24. The van der Waals surface area contributed by atoms with Crippen LogP contribution in [0.15, 0.2) is 23.3 Å². The lowest BCUT2D eigenvalue weighted by molar-refractivity contribution is 0.323. The van der Waals surface area contributed by atoms with Crippen molar-refractivity contribution < 1.29 is 4.74 Å². The standard InChI is InChI=1S/C18H30N4O/c1-4-19-18(22-16-10-8-14(3)9-11-16)21-13-15-7-6-12-20-17(15)23-5-2/h6-7,12,14,16H,4-5,8-11,13H2,1-3H3,(H2,19,21,22). The predicted molar refractivity (Wildman–Crippen MR) is 94.8 cm³/mol. The molecule has 1 aromatic heterocycles. The maximum atomic E-state index is 5.57. The molecular weight excluding hydrogens is 288 g/mol. The van der Waals surface area contributed by atoms with Gasteiger partial charge in [0.15, 0.2) is 5.96 Å². The smallest absolute Gasteiger partial charge is 0.218 e. The van der Waals surface area contributed by atoms with Crippen LogP contribution in [0.2, 0.25) is 0 Å². The first-order valence-corrected chi connectivity index (χ1v) is 8.84. The Hall–Kier alpha value is -1.78. The molecule has 1 aliphatic carbocycles. The lowest BCUT2D eigenvalue weighted by Crippen LogP contribution is -2.44. The van der Waals surface area contributed by atoms with E-state index in [-0.39, 0.29) is 0 Å². The molecule has 0 aromatic carbocycles. The molecule has 0 aliphatic heterocycles. The van der Waals surface area contributed by atoms with E-state index in [0.29, 0.717) is 25.1 Å². The molecule has 1 saturated carbocycles. The van der Waals surface area contributed by atoms with Crippen molar-refractivity contribution in [1.29, 1.82) is 0 Å². The first kappa shape index (κ1) is 17.6. The molecule has 0 saturated heterocycles. The summed E-state index contributed by atoms with van der Waals surface area (Å²) in [7, 11) is 0. The van der Waals surface area contributed by atoms with Gasteiger partial charge < -0.3 is 15.4 Å². The SMILES string of the molecule is CCNC(=NCc1cccnc1OCC)NC1CCC(C)CC1. The Labute approximate surface area is 139 Å². The third kappa shape index (κ3) is 5.73. The molecule has 5 heteroatoms. The Morgan fingerprint density at radius 1 is 1.30 bits per heavy atom. The number of hydrogen-bond acceptors (Lipinski definition) is 3. The van der Waals surface area contributed by atoms with Crippen LogP contribution in [-0.4, -0.2) is 30.1 Å². The molecule has 1 heterocycles. The summed E-state index contributed by atoms with van der Waals surface area (Å²) in [5.74, 6) is 2.43. The number of ether oxygens (including phenoxy) is 1. The summed E-state index contributed by atoms with van der Waals surface area (Å²) in [6.45, 7) is 8.45. The van der Waals surface area contributed by atoms with Crippen molar-refractivity contribution in [3.8, 4) is 5.88 Å². The zero-order chi connectivity index (χ0) is 16.5. The average Bonchev–Trinajstić information content (AvgIpc) is 2.56. The van der Waals surface area contributed by atoms with Crippen molar-refractivity contribution in [3.05, 3.63) is 23.9 Å². The van der Waals surface area contributed by atoms with E-state index >= 15 is 0 Å². The minimum absolute atomic E-state index is 0.532. The fourth-order valence-corrected chi connectivity index (χ4v) is 2.89. The Morgan fingerprint density at radius 2 is 2.09 bits per heavy atom. The number of nitrogens with zero attached hydrogens (tertiary/aromatic N) is 2. The van der Waals surface area contributed by atoms with E-state index in [1.807, 2.05) is 19.1 Å². The Bertz CT molecular complexity index is 496. The number of aromatic nitrogens is 1. The van der Waals surface area contributed by atoms with E-state index in [0.717, 1.165) is 24.0 Å². The predicted octanol–water partition coefficient (Wildman–Crippen LogP) is 3.11. The Morgan fingerprint density at radius 3 is 2.78 bits per heavy atom. The summed E-state index contributed by atoms with van der Waals surface area (Å²) in [6.07, 6.45) is 6.80. The molecule has 2 rings (SSSR count). The monoisotopic (exact) mass is 318 g/mol. The van der Waals surface area contributed by atoms with Crippen LogP contribution < -0.4 is 15.4 Å². The van der Waals surface area contributed by atoms with Crippen molar-refractivity contribution >= 4 is 5.96 Å². The summed E-state index contributed by atoms with van der Waals surface area (Å²) < 4.78 is 5.57. The van der Waals surface area contributed by atoms with Crippen molar-refractivity contribution in [3.63, 3.8) is 0 Å². The van der Waals surface area contributed by atoms with Gasteiger partial charge in [-0.3, -0.25) is 0 Å². The lowest BCUT2D eigenvalue weighted by Gasteiger charge is -2.28. The van der Waals surface area contributed by atoms with Gasteiger partial charge in [0.25, 0.3) is 0 Å². The number of nitrogens with one attached hydrogen (secondary N) is 2. The molecule has 128 valence electrons. The first-order chi connectivity index (χ1) is 11.2. The van der Waals surface area contributed by atoms with Crippen LogP contribution in [0.25, 0.3) is 0 Å². The van der Waals surface area contributed by atoms with E-state index in [9.17, 15) is 0 Å². The molecule has 1 aromatic rings. The molecule has 0 bridgehead atoms. The summed E-state index contributed by atoms with van der Waals surface area (Å²) in [6, 6.07) is 4.48. The third-order valence-electron chi connectivity index (χ3n) is 4.24. The molecule has 23 heavy (non-hydrogen) atoms. The average molecular weight is 318 g/mol. The number of rotatable bonds is 6. The van der Waals surface area contributed by atoms with Gasteiger partial charge >= 0.3 is 0 Å². The minimum Gasteiger partial charge on any atom is -0.478 e. The van der Waals surface area contributed by atoms with Gasteiger partial charge in [0, 0.05) is 24.3 Å². The van der Waals surface area contributed by atoms with Crippen molar-refractivity contribution in [2.75, 3.05) is 13.2 Å². The van der Waals surface area contributed by atoms with Gasteiger partial charge in [0.05, 0.1) is 13.2 Å². The van der Waals surface area contributed by atoms with Crippen molar-refractivity contribution in [2.24, 2.45) is 10.9 Å². The van der Waals surface area contributed by atoms with E-state index in [2.05, 4.69) is 29.5 Å². The highest BCUT2D eigenvalue weighted by molar-refractivity contribution is 5.80. The maximum Gasteiger partial charge on any atom is 0.218 e. The van der Waals surface area contributed by atoms with Gasteiger partial charge in [-0.2, -0.15) is 0 Å². The highest BCUT2D eigenvalue weighted by atomic mass is 16.5. The van der Waals surface area contributed by atoms with Gasteiger partial charge in [0.2, 0.25) is 5.88 Å². The maximum absolute atomic E-state index is 5.57. The molecule has 5 nitrogen and oxygen atoms in total. The lowest BCUT2D eigenvalue weighted by atomic mass is 9.87. The largest absolute Gasteiger partial charge is 0.478 e. The topological polar surface area (TPSA) is 58.5 Å². The van der Waals surface area contributed by atoms with E-state index < -0.39 is 0 Å². The van der Waals surface area contributed by atoms with Crippen LogP contribution in [0, 0.1) is 5.92 Å². The number of guanidine groups is 1. The van der Waals surface area contributed by atoms with Crippen LogP contribution in [-0.2, 0) is 6.54 Å². The van der Waals surface area contributed by atoms with Crippen LogP contribution in [0.4, 0.5) is 0 Å². The van der Waals surface area contributed by atoms with Gasteiger partial charge in [-0.15, -0.1) is 0 Å². The number of hydrogen-bond donors (Lipinski definition) is 2. The van der Waals surface area contributed by atoms with Gasteiger partial charge in [-0.1, -0.05) is 13.0 Å². The quantitative estimate of drug-likeness (QED) is 0.625. The van der Waals surface area contributed by atoms with Crippen LogP contribution in [0.1, 0.15) is 52.0 Å². The van der Waals surface area contributed by atoms with E-state index in [1.165, 1.54) is 25.7 Å². The van der Waals surface area contributed by atoms with Crippen molar-refractivity contribution in [1.82, 2.24) is 15.6 Å². The summed E-state index contributed by atoms with van der Waals surface area (Å²) >= 11 is 0. The van der Waals surface area contributed by atoms with Crippen molar-refractivity contribution in [2.45, 2.75) is 59.0 Å². The van der Waals surface area contributed by atoms with Crippen LogP contribution in [0.3, 0.4) is 0 Å². The second kappa shape index (κ2) is 9.38. The van der Waals surface area contributed by atoms with Gasteiger partial charge in [0.1, 0.15) is 0 Å². The van der Waals surface area contributed by atoms with Gasteiger partial charge in [-0.25, -0.2) is 9.98 Å². The number of aliphatic imine (C=N–C) groups is 1.